The first-order chi connectivity index (χ1) is 14.0. The molecule has 5 nitrogen and oxygen atoms in total. The third-order valence-corrected chi connectivity index (χ3v) is 4.48. The number of aromatic nitrogens is 2. The molecule has 0 atom stereocenters. The Morgan fingerprint density at radius 1 is 1.00 bits per heavy atom. The number of fused-ring (bicyclic) bond motifs is 1. The summed E-state index contributed by atoms with van der Waals surface area (Å²) in [5.41, 5.74) is 2.35. The van der Waals surface area contributed by atoms with Crippen molar-refractivity contribution in [2.75, 3.05) is 12.4 Å². The summed E-state index contributed by atoms with van der Waals surface area (Å²) >= 11 is 0. The van der Waals surface area contributed by atoms with E-state index in [2.05, 4.69) is 10.3 Å². The Bertz CT molecular complexity index is 1170. The van der Waals surface area contributed by atoms with Gasteiger partial charge in [-0.15, -0.1) is 0 Å². The van der Waals surface area contributed by atoms with E-state index in [1.807, 2.05) is 0 Å². The lowest BCUT2D eigenvalue weighted by Crippen LogP contribution is -2.15. The van der Waals surface area contributed by atoms with Crippen LogP contribution in [0.3, 0.4) is 0 Å². The predicted molar refractivity (Wildman–Crippen MR) is 106 cm³/mol. The molecule has 4 aromatic rings. The molecule has 146 valence electrons. The Hall–Kier alpha value is -3.74. The van der Waals surface area contributed by atoms with E-state index in [0.717, 1.165) is 5.56 Å². The number of nitrogens with zero attached hydrogens (tertiary/aromatic N) is 2. The second kappa shape index (κ2) is 7.71. The van der Waals surface area contributed by atoms with E-state index in [0.29, 0.717) is 22.7 Å². The third-order valence-electron chi connectivity index (χ3n) is 4.48. The summed E-state index contributed by atoms with van der Waals surface area (Å²) in [4.78, 5) is 17.0. The predicted octanol–water partition coefficient (Wildman–Crippen LogP) is 4.47. The van der Waals surface area contributed by atoms with Crippen LogP contribution in [-0.2, 0) is 11.2 Å². The van der Waals surface area contributed by atoms with Crippen molar-refractivity contribution in [1.29, 1.82) is 0 Å². The topological polar surface area (TPSA) is 55.6 Å². The van der Waals surface area contributed by atoms with Crippen LogP contribution in [0.25, 0.3) is 16.9 Å². The van der Waals surface area contributed by atoms with Gasteiger partial charge in [0, 0.05) is 11.8 Å². The SMILES string of the molecule is COc1ccc(CC(=O)Nc2nc3ccc(F)cn3c2-c2ccc(F)cc2)cc1. The molecule has 4 rings (SSSR count). The van der Waals surface area contributed by atoms with Gasteiger partial charge in [-0.2, -0.15) is 0 Å². The Morgan fingerprint density at radius 2 is 1.69 bits per heavy atom. The number of halogens is 2. The Balaban J connectivity index is 1.67. The van der Waals surface area contributed by atoms with Gasteiger partial charge in [0.25, 0.3) is 0 Å². The number of methoxy groups -OCH3 is 1. The van der Waals surface area contributed by atoms with Crippen molar-refractivity contribution >= 4 is 17.4 Å². The summed E-state index contributed by atoms with van der Waals surface area (Å²) in [7, 11) is 1.57. The number of benzene rings is 2. The van der Waals surface area contributed by atoms with Crippen LogP contribution in [0.1, 0.15) is 5.56 Å². The minimum absolute atomic E-state index is 0.134. The van der Waals surface area contributed by atoms with Crippen LogP contribution in [0.5, 0.6) is 5.75 Å². The van der Waals surface area contributed by atoms with Gasteiger partial charge in [0.15, 0.2) is 5.82 Å². The quantitative estimate of drug-likeness (QED) is 0.544. The highest BCUT2D eigenvalue weighted by molar-refractivity contribution is 5.95. The largest absolute Gasteiger partial charge is 0.497 e. The minimum Gasteiger partial charge on any atom is -0.497 e. The van der Waals surface area contributed by atoms with Gasteiger partial charge in [-0.1, -0.05) is 12.1 Å². The van der Waals surface area contributed by atoms with Crippen molar-refractivity contribution in [2.24, 2.45) is 0 Å². The number of nitrogens with one attached hydrogen (secondary N) is 1. The number of rotatable bonds is 5. The number of pyridine rings is 1. The molecular weight excluding hydrogens is 376 g/mol. The number of ether oxygens (including phenoxy) is 1. The molecule has 0 saturated carbocycles. The third kappa shape index (κ3) is 3.94. The molecule has 0 fully saturated rings. The summed E-state index contributed by atoms with van der Waals surface area (Å²) in [5, 5.41) is 2.79. The maximum Gasteiger partial charge on any atom is 0.230 e. The fraction of sp³-hybridized carbons (Fsp3) is 0.0909. The average molecular weight is 393 g/mol. The number of hydrogen-bond acceptors (Lipinski definition) is 3. The maximum atomic E-state index is 13.8. The zero-order chi connectivity index (χ0) is 20.4. The van der Waals surface area contributed by atoms with Gasteiger partial charge in [0.1, 0.15) is 23.0 Å². The van der Waals surface area contributed by atoms with E-state index in [1.165, 1.54) is 34.9 Å². The number of carbonyl (C=O) groups is 1. The fourth-order valence-electron chi connectivity index (χ4n) is 3.09. The van der Waals surface area contributed by atoms with E-state index in [1.54, 1.807) is 43.5 Å². The minimum atomic E-state index is -0.450. The van der Waals surface area contributed by atoms with Crippen molar-refractivity contribution in [3.8, 4) is 17.0 Å². The van der Waals surface area contributed by atoms with Crippen molar-refractivity contribution < 1.29 is 18.3 Å². The summed E-state index contributed by atoms with van der Waals surface area (Å²) < 4.78 is 33.8. The van der Waals surface area contributed by atoms with Crippen LogP contribution in [0.15, 0.2) is 66.9 Å². The molecular formula is C22H17F2N3O2. The molecule has 0 bridgehead atoms. The smallest absolute Gasteiger partial charge is 0.230 e. The molecule has 0 spiro atoms. The van der Waals surface area contributed by atoms with Crippen LogP contribution in [0, 0.1) is 11.6 Å². The molecule has 7 heteroatoms. The zero-order valence-corrected chi connectivity index (χ0v) is 15.5. The molecule has 0 unspecified atom stereocenters. The molecule has 1 amide bonds. The summed E-state index contributed by atoms with van der Waals surface area (Å²) in [5.74, 6) is -0.133. The first-order valence-corrected chi connectivity index (χ1v) is 8.90. The van der Waals surface area contributed by atoms with E-state index in [-0.39, 0.29) is 24.0 Å². The first-order valence-electron chi connectivity index (χ1n) is 8.90. The Labute approximate surface area is 165 Å². The van der Waals surface area contributed by atoms with Gasteiger partial charge in [-0.3, -0.25) is 9.20 Å². The number of amides is 1. The summed E-state index contributed by atoms with van der Waals surface area (Å²) in [6.07, 6.45) is 1.41. The van der Waals surface area contributed by atoms with E-state index >= 15 is 0 Å². The van der Waals surface area contributed by atoms with E-state index < -0.39 is 5.82 Å². The summed E-state index contributed by atoms with van der Waals surface area (Å²) in [6, 6.07) is 15.7. The standard InChI is InChI=1S/C22H17F2N3O2/c1-29-18-9-2-14(3-10-18)12-20(28)26-22-21(15-4-6-16(23)7-5-15)27-13-17(24)8-11-19(27)25-22/h2-11,13H,12H2,1H3,(H,26,28). The molecule has 0 saturated heterocycles. The number of imidazole rings is 1. The number of anilines is 1. The van der Waals surface area contributed by atoms with Gasteiger partial charge in [-0.25, -0.2) is 13.8 Å². The monoisotopic (exact) mass is 393 g/mol. The molecule has 0 aliphatic carbocycles. The normalized spacial score (nSPS) is 10.9. The molecule has 2 aromatic carbocycles. The molecule has 2 aromatic heterocycles. The molecule has 29 heavy (non-hydrogen) atoms. The highest BCUT2D eigenvalue weighted by atomic mass is 19.1. The lowest BCUT2D eigenvalue weighted by atomic mass is 10.1. The van der Waals surface area contributed by atoms with Gasteiger partial charge in [0.05, 0.1) is 19.2 Å². The first kappa shape index (κ1) is 18.6. The van der Waals surface area contributed by atoms with Gasteiger partial charge >= 0.3 is 0 Å². The van der Waals surface area contributed by atoms with E-state index in [4.69, 9.17) is 4.74 Å². The second-order valence-electron chi connectivity index (χ2n) is 6.46. The van der Waals surface area contributed by atoms with Crippen molar-refractivity contribution in [2.45, 2.75) is 6.42 Å². The second-order valence-corrected chi connectivity index (χ2v) is 6.46. The highest BCUT2D eigenvalue weighted by Crippen LogP contribution is 2.30. The zero-order valence-electron chi connectivity index (χ0n) is 15.5. The van der Waals surface area contributed by atoms with Gasteiger partial charge in [-0.05, 0) is 54.1 Å². The van der Waals surface area contributed by atoms with Gasteiger partial charge in [0.2, 0.25) is 5.91 Å². The average Bonchev–Trinajstić information content (AvgIpc) is 3.06. The van der Waals surface area contributed by atoms with Gasteiger partial charge < -0.3 is 10.1 Å². The molecule has 0 radical (unpaired) electrons. The van der Waals surface area contributed by atoms with Crippen LogP contribution < -0.4 is 10.1 Å². The Morgan fingerprint density at radius 3 is 2.38 bits per heavy atom. The van der Waals surface area contributed by atoms with Crippen molar-refractivity contribution in [3.63, 3.8) is 0 Å². The van der Waals surface area contributed by atoms with E-state index in [9.17, 15) is 13.6 Å². The van der Waals surface area contributed by atoms with Crippen LogP contribution in [0.4, 0.5) is 14.6 Å². The molecule has 0 aliphatic heterocycles. The highest BCUT2D eigenvalue weighted by Gasteiger charge is 2.17. The lowest BCUT2D eigenvalue weighted by molar-refractivity contribution is -0.115. The van der Waals surface area contributed by atoms with Crippen molar-refractivity contribution in [1.82, 2.24) is 9.38 Å². The molecule has 2 heterocycles. The van der Waals surface area contributed by atoms with Crippen LogP contribution in [0.2, 0.25) is 0 Å². The fourth-order valence-corrected chi connectivity index (χ4v) is 3.09. The molecule has 1 N–H and O–H groups in total. The number of hydrogen-bond donors (Lipinski definition) is 1. The van der Waals surface area contributed by atoms with Crippen molar-refractivity contribution in [3.05, 3.63) is 84.1 Å². The van der Waals surface area contributed by atoms with Crippen LogP contribution in [-0.4, -0.2) is 22.4 Å². The maximum absolute atomic E-state index is 13.8. The summed E-state index contributed by atoms with van der Waals surface area (Å²) in [6.45, 7) is 0. The lowest BCUT2D eigenvalue weighted by Gasteiger charge is -2.08. The Kier molecular flexibility index (Phi) is 4.95. The number of carbonyl (C=O) groups excluding carboxylic acids is 1. The molecule has 0 aliphatic rings. The van der Waals surface area contributed by atoms with Crippen LogP contribution >= 0.6 is 0 Å².